The maximum atomic E-state index is 7.48. The van der Waals surface area contributed by atoms with Crippen LogP contribution < -0.4 is 5.32 Å². The summed E-state index contributed by atoms with van der Waals surface area (Å²) in [6, 6.07) is 0. The summed E-state index contributed by atoms with van der Waals surface area (Å²) in [6.07, 6.45) is 2.81. The Labute approximate surface area is 48.3 Å². The van der Waals surface area contributed by atoms with Crippen LogP contribution in [0.4, 0.5) is 0 Å². The van der Waals surface area contributed by atoms with Gasteiger partial charge in [0.1, 0.15) is 0 Å². The second-order valence-corrected chi connectivity index (χ2v) is 0.349. The van der Waals surface area contributed by atoms with Crippen LogP contribution in [0.3, 0.4) is 0 Å². The molecule has 0 aliphatic carbocycles. The van der Waals surface area contributed by atoms with E-state index in [2.05, 4.69) is 0 Å². The van der Waals surface area contributed by atoms with E-state index in [4.69, 9.17) is 10.5 Å². The van der Waals surface area contributed by atoms with Crippen molar-refractivity contribution in [3.8, 4) is 12.4 Å². The molecule has 0 aliphatic rings. The molecule has 0 aliphatic heterocycles. The van der Waals surface area contributed by atoms with Gasteiger partial charge < -0.3 is 0 Å². The predicted octanol–water partition coefficient (Wildman–Crippen LogP) is -0.464. The summed E-state index contributed by atoms with van der Waals surface area (Å²) >= 11 is 0. The van der Waals surface area contributed by atoms with Crippen LogP contribution in [0.15, 0.2) is 0 Å². The number of hydrogen-bond acceptors (Lipinski definition) is 3. The zero-order valence-corrected chi connectivity index (χ0v) is 6.07. The van der Waals surface area contributed by atoms with Crippen molar-refractivity contribution < 1.29 is 19.5 Å². The van der Waals surface area contributed by atoms with E-state index in [-0.39, 0.29) is 19.5 Å². The summed E-state index contributed by atoms with van der Waals surface area (Å²) in [5, 5.41) is 16.7. The second kappa shape index (κ2) is 8.83. The fourth-order valence-electron chi connectivity index (χ4n) is 0.0250. The van der Waals surface area contributed by atoms with Crippen molar-refractivity contribution >= 4 is 0 Å². The van der Waals surface area contributed by atoms with E-state index >= 15 is 0 Å². The van der Waals surface area contributed by atoms with Gasteiger partial charge in [-0.25, -0.2) is 5.32 Å². The largest absolute Gasteiger partial charge is 0.229 e. The topological polar surface area (TPSA) is 59.6 Å². The van der Waals surface area contributed by atoms with Crippen molar-refractivity contribution in [2.45, 2.75) is 0 Å². The van der Waals surface area contributed by atoms with Crippen LogP contribution in [0.2, 0.25) is 0 Å². The number of nitrogens with one attached hydrogen (secondary N) is 1. The average Bonchev–Trinajstić information content (AvgIpc) is 1.41. The fraction of sp³-hybridized carbons (Fsp3) is 0. The van der Waals surface area contributed by atoms with Gasteiger partial charge in [0.25, 0.3) is 0 Å². The minimum absolute atomic E-state index is 0. The molecule has 0 rings (SSSR count). The van der Waals surface area contributed by atoms with E-state index in [1.54, 1.807) is 5.32 Å². The van der Waals surface area contributed by atoms with Gasteiger partial charge in [-0.15, -0.1) is 0 Å². The van der Waals surface area contributed by atoms with Gasteiger partial charge >= 0.3 is 0 Å². The Bertz CT molecular complexity index is 73.9. The van der Waals surface area contributed by atoms with Gasteiger partial charge in [0, 0.05) is 19.5 Å². The van der Waals surface area contributed by atoms with E-state index in [1.165, 1.54) is 12.4 Å². The Balaban J connectivity index is 0. The maximum absolute atomic E-state index is 7.48. The first kappa shape index (κ1) is 9.05. The van der Waals surface area contributed by atoms with Crippen molar-refractivity contribution in [1.82, 2.24) is 5.32 Å². The van der Waals surface area contributed by atoms with Gasteiger partial charge in [0.15, 0.2) is 12.4 Å². The van der Waals surface area contributed by atoms with E-state index in [0.717, 1.165) is 0 Å². The molecule has 0 bridgehead atoms. The number of rotatable bonds is 0. The zero-order chi connectivity index (χ0) is 4.12. The van der Waals surface area contributed by atoms with Crippen LogP contribution >= 0.6 is 0 Å². The summed E-state index contributed by atoms with van der Waals surface area (Å²) in [5.74, 6) is 0. The number of hydrogen-bond donors (Lipinski definition) is 1. The zero-order valence-electron chi connectivity index (χ0n) is 3.10. The monoisotopic (exact) mass is 131 g/mol. The third-order valence-electron chi connectivity index (χ3n) is 0.112. The molecule has 6 heavy (non-hydrogen) atoms. The first-order valence-corrected chi connectivity index (χ1v) is 0.947. The van der Waals surface area contributed by atoms with Crippen molar-refractivity contribution in [3.63, 3.8) is 0 Å². The molecule has 0 aromatic carbocycles. The molecule has 0 spiro atoms. The van der Waals surface area contributed by atoms with Crippen LogP contribution in [0.5, 0.6) is 0 Å². The average molecular weight is 132 g/mol. The molecule has 0 aromatic heterocycles. The number of nitriles is 2. The molecule has 0 saturated heterocycles. The molecule has 26 valence electrons. The van der Waals surface area contributed by atoms with E-state index in [9.17, 15) is 0 Å². The van der Waals surface area contributed by atoms with Gasteiger partial charge in [-0.1, -0.05) is 0 Å². The molecule has 0 fully saturated rings. The Kier molecular flexibility index (Phi) is 13.3. The summed E-state index contributed by atoms with van der Waals surface area (Å²) in [7, 11) is 0. The third-order valence-corrected chi connectivity index (χ3v) is 0.112. The SMILES string of the molecule is N#CNC#N.[Zn]. The Morgan fingerprint density at radius 1 is 1.17 bits per heavy atom. The third kappa shape index (κ3) is 9.98. The summed E-state index contributed by atoms with van der Waals surface area (Å²) < 4.78 is 0. The molecule has 4 heteroatoms. The molecule has 0 atom stereocenters. The van der Waals surface area contributed by atoms with Crippen LogP contribution in [-0.4, -0.2) is 0 Å². The molecular formula is C2HN3Zn. The van der Waals surface area contributed by atoms with Gasteiger partial charge in [0.05, 0.1) is 0 Å². The van der Waals surface area contributed by atoms with Crippen molar-refractivity contribution in [2.75, 3.05) is 0 Å². The van der Waals surface area contributed by atoms with Crippen molar-refractivity contribution in [2.24, 2.45) is 0 Å². The first-order valence-electron chi connectivity index (χ1n) is 0.947. The van der Waals surface area contributed by atoms with Crippen LogP contribution in [-0.2, 0) is 19.5 Å². The van der Waals surface area contributed by atoms with Crippen molar-refractivity contribution in [1.29, 1.82) is 10.5 Å². The Morgan fingerprint density at radius 3 is 1.50 bits per heavy atom. The quantitative estimate of drug-likeness (QED) is 0.276. The molecule has 0 radical (unpaired) electrons. The van der Waals surface area contributed by atoms with Crippen LogP contribution in [0.1, 0.15) is 0 Å². The van der Waals surface area contributed by atoms with Gasteiger partial charge in [-0.3, -0.25) is 0 Å². The smallest absolute Gasteiger partial charge is 0.190 e. The van der Waals surface area contributed by atoms with E-state index in [0.29, 0.717) is 0 Å². The predicted molar refractivity (Wildman–Crippen MR) is 14.4 cm³/mol. The minimum Gasteiger partial charge on any atom is -0.229 e. The van der Waals surface area contributed by atoms with E-state index in [1.807, 2.05) is 0 Å². The first-order chi connectivity index (χ1) is 2.41. The molecule has 0 unspecified atom stereocenters. The van der Waals surface area contributed by atoms with E-state index < -0.39 is 0 Å². The Morgan fingerprint density at radius 2 is 1.50 bits per heavy atom. The normalized spacial score (nSPS) is 3.00. The number of nitrogens with zero attached hydrogens (tertiary/aromatic N) is 2. The molecule has 0 amide bonds. The molecule has 1 N–H and O–H groups in total. The van der Waals surface area contributed by atoms with Crippen molar-refractivity contribution in [3.05, 3.63) is 0 Å². The molecular weight excluding hydrogens is 131 g/mol. The molecule has 0 saturated carbocycles. The molecule has 0 aromatic rings. The maximum Gasteiger partial charge on any atom is 0.190 e. The minimum atomic E-state index is 0. The standard InChI is InChI=1S/C2HN3.Zn/c3-1-5-2-4;/h5H;. The van der Waals surface area contributed by atoms with Gasteiger partial charge in [-0.05, 0) is 0 Å². The van der Waals surface area contributed by atoms with Gasteiger partial charge in [0.2, 0.25) is 0 Å². The second-order valence-electron chi connectivity index (χ2n) is 0.349. The molecule has 0 heterocycles. The Hall–Kier alpha value is -0.597. The summed E-state index contributed by atoms with van der Waals surface area (Å²) in [5.41, 5.74) is 0. The molecule has 3 nitrogen and oxygen atoms in total. The summed E-state index contributed by atoms with van der Waals surface area (Å²) in [6.45, 7) is 0. The fourth-order valence-corrected chi connectivity index (χ4v) is 0.0250. The van der Waals surface area contributed by atoms with Crippen LogP contribution in [0, 0.1) is 22.9 Å². The summed E-state index contributed by atoms with van der Waals surface area (Å²) in [4.78, 5) is 0. The van der Waals surface area contributed by atoms with Crippen LogP contribution in [0.25, 0.3) is 0 Å². The van der Waals surface area contributed by atoms with Gasteiger partial charge in [-0.2, -0.15) is 10.5 Å².